The number of rotatable bonds is 6. The van der Waals surface area contributed by atoms with E-state index < -0.39 is 5.60 Å². The number of benzene rings is 2. The van der Waals surface area contributed by atoms with Crippen molar-refractivity contribution in [3.8, 4) is 11.1 Å². The summed E-state index contributed by atoms with van der Waals surface area (Å²) in [4.78, 5) is 12.2. The summed E-state index contributed by atoms with van der Waals surface area (Å²) >= 11 is 0. The number of amides is 1. The fourth-order valence-electron chi connectivity index (χ4n) is 3.00. The van der Waals surface area contributed by atoms with Gasteiger partial charge >= 0.3 is 0 Å². The maximum Gasteiger partial charge on any atom is 0.224 e. The van der Waals surface area contributed by atoms with Crippen LogP contribution in [-0.2, 0) is 16.8 Å². The number of hydrogen-bond donors (Lipinski definition) is 2. The lowest BCUT2D eigenvalue weighted by molar-refractivity contribution is -0.121. The highest BCUT2D eigenvalue weighted by molar-refractivity contribution is 5.79. The molecule has 0 spiro atoms. The number of aromatic nitrogens is 1. The van der Waals surface area contributed by atoms with E-state index in [2.05, 4.69) is 10.5 Å². The molecule has 140 valence electrons. The Morgan fingerprint density at radius 1 is 1.07 bits per heavy atom. The molecule has 0 saturated carbocycles. The largest absolute Gasteiger partial charge is 0.384 e. The lowest BCUT2D eigenvalue weighted by Gasteiger charge is -2.24. The number of nitrogens with one attached hydrogen (secondary N) is 1. The van der Waals surface area contributed by atoms with Gasteiger partial charge in [0.2, 0.25) is 5.91 Å². The molecule has 3 rings (SSSR count). The fraction of sp³-hybridized carbons (Fsp3) is 0.273. The number of hydrogen-bond acceptors (Lipinski definition) is 4. The van der Waals surface area contributed by atoms with Crippen LogP contribution in [0.5, 0.6) is 0 Å². The van der Waals surface area contributed by atoms with Crippen molar-refractivity contribution in [3.05, 3.63) is 77.2 Å². The van der Waals surface area contributed by atoms with Crippen LogP contribution in [0.1, 0.15) is 29.5 Å². The molecule has 1 amide bonds. The van der Waals surface area contributed by atoms with Gasteiger partial charge in [0.05, 0.1) is 18.7 Å². The van der Waals surface area contributed by atoms with Crippen molar-refractivity contribution in [1.29, 1.82) is 0 Å². The summed E-state index contributed by atoms with van der Waals surface area (Å²) < 4.78 is 5.08. The van der Waals surface area contributed by atoms with Crippen molar-refractivity contribution < 1.29 is 14.4 Å². The molecule has 27 heavy (non-hydrogen) atoms. The first-order chi connectivity index (χ1) is 12.9. The average molecular weight is 364 g/mol. The number of carbonyl (C=O) groups is 1. The Labute approximate surface area is 159 Å². The van der Waals surface area contributed by atoms with Gasteiger partial charge in [0.25, 0.3) is 0 Å². The minimum atomic E-state index is -1.16. The zero-order valence-electron chi connectivity index (χ0n) is 15.8. The number of aryl methyl sites for hydroxylation is 2. The van der Waals surface area contributed by atoms with Crippen LogP contribution in [0.4, 0.5) is 0 Å². The summed E-state index contributed by atoms with van der Waals surface area (Å²) in [5.74, 6) is 0.469. The number of nitrogens with zero attached hydrogens (tertiary/aromatic N) is 1. The SMILES string of the molecule is Cc1noc(C)c1CC(=O)NCC(C)(O)c1ccc(-c2ccccc2)cc1. The van der Waals surface area contributed by atoms with Gasteiger partial charge in [0, 0.05) is 5.56 Å². The predicted octanol–water partition coefficient (Wildman–Crippen LogP) is 3.52. The van der Waals surface area contributed by atoms with Gasteiger partial charge in [-0.05, 0) is 37.5 Å². The van der Waals surface area contributed by atoms with Crippen LogP contribution in [0.2, 0.25) is 0 Å². The van der Waals surface area contributed by atoms with Crippen molar-refractivity contribution in [1.82, 2.24) is 10.5 Å². The molecule has 0 bridgehead atoms. The molecule has 0 fully saturated rings. The van der Waals surface area contributed by atoms with Gasteiger partial charge < -0.3 is 14.9 Å². The zero-order chi connectivity index (χ0) is 19.4. The molecule has 0 aliphatic rings. The Bertz CT molecular complexity index is 893. The highest BCUT2D eigenvalue weighted by Crippen LogP contribution is 2.25. The van der Waals surface area contributed by atoms with E-state index in [0.29, 0.717) is 11.5 Å². The van der Waals surface area contributed by atoms with Gasteiger partial charge in [-0.3, -0.25) is 4.79 Å². The van der Waals surface area contributed by atoms with E-state index in [9.17, 15) is 9.90 Å². The molecule has 0 aliphatic heterocycles. The van der Waals surface area contributed by atoms with E-state index in [0.717, 1.165) is 22.3 Å². The third-order valence-electron chi connectivity index (χ3n) is 4.76. The van der Waals surface area contributed by atoms with Gasteiger partial charge in [-0.1, -0.05) is 59.8 Å². The maximum absolute atomic E-state index is 12.2. The summed E-state index contributed by atoms with van der Waals surface area (Å²) in [5, 5.41) is 17.4. The van der Waals surface area contributed by atoms with Crippen molar-refractivity contribution in [2.75, 3.05) is 6.54 Å². The average Bonchev–Trinajstić information content (AvgIpc) is 2.99. The lowest BCUT2D eigenvalue weighted by atomic mass is 9.93. The molecule has 0 saturated heterocycles. The van der Waals surface area contributed by atoms with Gasteiger partial charge in [-0.2, -0.15) is 0 Å². The summed E-state index contributed by atoms with van der Waals surface area (Å²) in [6, 6.07) is 17.8. The van der Waals surface area contributed by atoms with Gasteiger partial charge in [0.1, 0.15) is 11.4 Å². The molecule has 1 unspecified atom stereocenters. The topological polar surface area (TPSA) is 75.4 Å². The smallest absolute Gasteiger partial charge is 0.224 e. The Kier molecular flexibility index (Phi) is 5.42. The van der Waals surface area contributed by atoms with Gasteiger partial charge in [-0.25, -0.2) is 0 Å². The Balaban J connectivity index is 1.63. The predicted molar refractivity (Wildman–Crippen MR) is 104 cm³/mol. The van der Waals surface area contributed by atoms with Crippen LogP contribution in [0.25, 0.3) is 11.1 Å². The van der Waals surface area contributed by atoms with Crippen LogP contribution >= 0.6 is 0 Å². The van der Waals surface area contributed by atoms with E-state index in [1.54, 1.807) is 13.8 Å². The molecule has 2 aromatic carbocycles. The molecular weight excluding hydrogens is 340 g/mol. The van der Waals surface area contributed by atoms with E-state index in [1.807, 2.05) is 61.5 Å². The lowest BCUT2D eigenvalue weighted by Crippen LogP contribution is -2.39. The molecule has 0 aliphatic carbocycles. The molecule has 2 N–H and O–H groups in total. The first-order valence-corrected chi connectivity index (χ1v) is 8.93. The Hall–Kier alpha value is -2.92. The molecule has 5 nitrogen and oxygen atoms in total. The standard InChI is InChI=1S/C22H24N2O3/c1-15-20(16(2)27-24-15)13-21(25)23-14-22(3,26)19-11-9-18(10-12-19)17-7-5-4-6-8-17/h4-12,26H,13-14H2,1-3H3,(H,23,25). The monoisotopic (exact) mass is 364 g/mol. The minimum absolute atomic E-state index is 0.125. The molecule has 1 heterocycles. The van der Waals surface area contributed by atoms with Gasteiger partial charge in [-0.15, -0.1) is 0 Å². The van der Waals surface area contributed by atoms with Crippen LogP contribution in [0.3, 0.4) is 0 Å². The second-order valence-corrected chi connectivity index (χ2v) is 6.97. The van der Waals surface area contributed by atoms with Crippen molar-refractivity contribution in [2.45, 2.75) is 32.8 Å². The Morgan fingerprint density at radius 2 is 1.70 bits per heavy atom. The highest BCUT2D eigenvalue weighted by atomic mass is 16.5. The van der Waals surface area contributed by atoms with Crippen LogP contribution < -0.4 is 5.32 Å². The second kappa shape index (κ2) is 7.76. The van der Waals surface area contributed by atoms with Crippen molar-refractivity contribution in [2.24, 2.45) is 0 Å². The van der Waals surface area contributed by atoms with E-state index >= 15 is 0 Å². The molecular formula is C22H24N2O3. The van der Waals surface area contributed by atoms with Crippen LogP contribution in [0, 0.1) is 13.8 Å². The van der Waals surface area contributed by atoms with E-state index in [4.69, 9.17) is 4.52 Å². The normalized spacial score (nSPS) is 13.2. The fourth-order valence-corrected chi connectivity index (χ4v) is 3.00. The zero-order valence-corrected chi connectivity index (χ0v) is 15.8. The van der Waals surface area contributed by atoms with E-state index in [-0.39, 0.29) is 18.9 Å². The second-order valence-electron chi connectivity index (χ2n) is 6.97. The minimum Gasteiger partial charge on any atom is -0.384 e. The third kappa shape index (κ3) is 4.44. The summed E-state index contributed by atoms with van der Waals surface area (Å²) in [7, 11) is 0. The quantitative estimate of drug-likeness (QED) is 0.702. The maximum atomic E-state index is 12.2. The van der Waals surface area contributed by atoms with Crippen LogP contribution in [-0.4, -0.2) is 22.7 Å². The number of aliphatic hydroxyl groups is 1. The summed E-state index contributed by atoms with van der Waals surface area (Å²) in [6.07, 6.45) is 0.185. The first kappa shape index (κ1) is 18.9. The molecule has 3 aromatic rings. The van der Waals surface area contributed by atoms with Crippen LogP contribution in [0.15, 0.2) is 59.1 Å². The van der Waals surface area contributed by atoms with Crippen molar-refractivity contribution >= 4 is 5.91 Å². The highest BCUT2D eigenvalue weighted by Gasteiger charge is 2.24. The molecule has 1 aromatic heterocycles. The van der Waals surface area contributed by atoms with E-state index in [1.165, 1.54) is 0 Å². The summed E-state index contributed by atoms with van der Waals surface area (Å²) in [5.41, 5.74) is 3.29. The molecule has 0 radical (unpaired) electrons. The summed E-state index contributed by atoms with van der Waals surface area (Å²) in [6.45, 7) is 5.41. The third-order valence-corrected chi connectivity index (χ3v) is 4.76. The van der Waals surface area contributed by atoms with Gasteiger partial charge in [0.15, 0.2) is 0 Å². The first-order valence-electron chi connectivity index (χ1n) is 8.93. The number of carbonyl (C=O) groups excluding carboxylic acids is 1. The van der Waals surface area contributed by atoms with Crippen molar-refractivity contribution in [3.63, 3.8) is 0 Å². The molecule has 1 atom stereocenters. The Morgan fingerprint density at radius 3 is 2.30 bits per heavy atom. The molecule has 5 heteroatoms.